The Morgan fingerprint density at radius 2 is 1.71 bits per heavy atom. The van der Waals surface area contributed by atoms with E-state index in [4.69, 9.17) is 4.74 Å². The van der Waals surface area contributed by atoms with Gasteiger partial charge in [-0.3, -0.25) is 9.59 Å². The Morgan fingerprint density at radius 1 is 1.08 bits per heavy atom. The highest BCUT2D eigenvalue weighted by Crippen LogP contribution is 2.26. The molecule has 2 amide bonds. The van der Waals surface area contributed by atoms with Crippen LogP contribution in [-0.4, -0.2) is 97.6 Å². The summed E-state index contributed by atoms with van der Waals surface area (Å²) in [5, 5.41) is 2.66. The molecule has 1 fully saturated rings. The molecule has 0 spiro atoms. The van der Waals surface area contributed by atoms with Crippen molar-refractivity contribution in [3.8, 4) is 5.75 Å². The molecule has 9 nitrogen and oxygen atoms in total. The van der Waals surface area contributed by atoms with Crippen LogP contribution in [0.3, 0.4) is 0 Å². The molecule has 2 atom stereocenters. The van der Waals surface area contributed by atoms with Gasteiger partial charge in [-0.15, -0.1) is 0 Å². The van der Waals surface area contributed by atoms with E-state index in [0.717, 1.165) is 36.2 Å². The van der Waals surface area contributed by atoms with Gasteiger partial charge in [-0.05, 0) is 75.3 Å². The molecule has 1 saturated heterocycles. The topological polar surface area (TPSA) is 85.4 Å². The summed E-state index contributed by atoms with van der Waals surface area (Å²) in [4.78, 5) is 32.0. The third-order valence-electron chi connectivity index (χ3n) is 6.97. The maximum Gasteiger partial charge on any atom is 0.242 e. The molecule has 2 aromatic carbocycles. The Balaban J connectivity index is 1.46. The quantitative estimate of drug-likeness (QED) is 0.468. The number of methoxy groups -OCH3 is 1. The van der Waals surface area contributed by atoms with Crippen LogP contribution in [0.15, 0.2) is 41.3 Å². The monoisotopic (exact) mass is 543 g/mol. The highest BCUT2D eigenvalue weighted by Gasteiger charge is 2.24. The number of nitrogens with one attached hydrogen (secondary N) is 1. The van der Waals surface area contributed by atoms with E-state index >= 15 is 0 Å². The van der Waals surface area contributed by atoms with Crippen LogP contribution in [-0.2, 0) is 27.1 Å². The standard InChI is InChI=1S/C28H41N5O4S/c1-20-14-25(37-7)15-21(2)28(20)38(36)32(6)19-26(34)29-16-27(35)31(5)17-22-8-10-23(11-9-22)33-13-12-24(18-33)30(3)4/h8-11,14-15,24H,12-13,16-19H2,1-7H3,(H,29,34). The Hall–Kier alpha value is -2.95. The number of nitrogens with zero attached hydrogens (tertiary/aromatic N) is 4. The zero-order valence-electron chi connectivity index (χ0n) is 23.6. The van der Waals surface area contributed by atoms with E-state index in [1.807, 2.05) is 38.1 Å². The number of ether oxygens (including phenoxy) is 1. The van der Waals surface area contributed by atoms with Crippen LogP contribution in [0.1, 0.15) is 23.1 Å². The van der Waals surface area contributed by atoms with Crippen molar-refractivity contribution in [1.29, 1.82) is 0 Å². The lowest BCUT2D eigenvalue weighted by Gasteiger charge is -2.22. The number of likely N-dealkylation sites (N-methyl/N-ethyl adjacent to an activating group) is 3. The summed E-state index contributed by atoms with van der Waals surface area (Å²) in [7, 11) is 7.65. The Bertz CT molecular complexity index is 1130. The number of carbonyl (C=O) groups excluding carboxylic acids is 2. The fourth-order valence-corrected chi connectivity index (χ4v) is 5.87. The third kappa shape index (κ3) is 7.55. The number of amides is 2. The van der Waals surface area contributed by atoms with Crippen LogP contribution < -0.4 is 15.0 Å². The van der Waals surface area contributed by atoms with Crippen LogP contribution >= 0.6 is 0 Å². The normalized spacial score (nSPS) is 16.1. The molecule has 10 heteroatoms. The number of anilines is 1. The van der Waals surface area contributed by atoms with E-state index in [9.17, 15) is 13.8 Å². The molecule has 208 valence electrons. The van der Waals surface area contributed by atoms with E-state index in [2.05, 4.69) is 41.3 Å². The first-order valence-electron chi connectivity index (χ1n) is 12.8. The van der Waals surface area contributed by atoms with Crippen molar-refractivity contribution in [2.75, 3.05) is 66.4 Å². The number of rotatable bonds is 11. The molecule has 1 aliphatic rings. The molecule has 0 radical (unpaired) electrons. The van der Waals surface area contributed by atoms with Crippen LogP contribution in [0.25, 0.3) is 0 Å². The number of carbonyl (C=O) groups is 2. The lowest BCUT2D eigenvalue weighted by atomic mass is 10.1. The first-order chi connectivity index (χ1) is 18.0. The third-order valence-corrected chi connectivity index (χ3v) is 8.66. The first kappa shape index (κ1) is 29.6. The average molecular weight is 544 g/mol. The minimum Gasteiger partial charge on any atom is -0.497 e. The fraction of sp³-hybridized carbons (Fsp3) is 0.500. The number of aryl methyl sites for hydroxylation is 2. The molecule has 3 rings (SSSR count). The molecular formula is C28H41N5O4S. The predicted octanol–water partition coefficient (Wildman–Crippen LogP) is 2.18. The van der Waals surface area contributed by atoms with Gasteiger partial charge in [0.25, 0.3) is 0 Å². The van der Waals surface area contributed by atoms with Gasteiger partial charge in [0, 0.05) is 45.5 Å². The van der Waals surface area contributed by atoms with Gasteiger partial charge >= 0.3 is 0 Å². The lowest BCUT2D eigenvalue weighted by Crippen LogP contribution is -2.42. The van der Waals surface area contributed by atoms with E-state index in [0.29, 0.717) is 23.2 Å². The van der Waals surface area contributed by atoms with E-state index < -0.39 is 11.0 Å². The maximum absolute atomic E-state index is 13.1. The largest absolute Gasteiger partial charge is 0.497 e. The molecule has 0 aliphatic carbocycles. The van der Waals surface area contributed by atoms with Gasteiger partial charge in [0.2, 0.25) is 11.8 Å². The fourth-order valence-electron chi connectivity index (χ4n) is 4.66. The van der Waals surface area contributed by atoms with Crippen molar-refractivity contribution < 1.29 is 18.5 Å². The first-order valence-corrected chi connectivity index (χ1v) is 13.9. The summed E-state index contributed by atoms with van der Waals surface area (Å²) < 4.78 is 19.8. The highest BCUT2D eigenvalue weighted by molar-refractivity contribution is 7.82. The van der Waals surface area contributed by atoms with Crippen LogP contribution in [0, 0.1) is 13.8 Å². The molecule has 2 aromatic rings. The summed E-state index contributed by atoms with van der Waals surface area (Å²) in [6, 6.07) is 12.5. The molecule has 38 heavy (non-hydrogen) atoms. The van der Waals surface area contributed by atoms with Crippen molar-refractivity contribution in [3.05, 3.63) is 53.1 Å². The Labute approximate surface area is 229 Å². The van der Waals surface area contributed by atoms with Crippen LogP contribution in [0.2, 0.25) is 0 Å². The van der Waals surface area contributed by atoms with Crippen molar-refractivity contribution in [2.45, 2.75) is 37.8 Å². The van der Waals surface area contributed by atoms with Gasteiger partial charge in [0.15, 0.2) is 0 Å². The molecule has 0 bridgehead atoms. The van der Waals surface area contributed by atoms with E-state index in [1.165, 1.54) is 9.99 Å². The van der Waals surface area contributed by atoms with Crippen molar-refractivity contribution in [3.63, 3.8) is 0 Å². The maximum atomic E-state index is 13.1. The molecule has 0 saturated carbocycles. The average Bonchev–Trinajstić information content (AvgIpc) is 3.38. The van der Waals surface area contributed by atoms with E-state index in [-0.39, 0.29) is 24.9 Å². The second-order valence-electron chi connectivity index (χ2n) is 10.2. The summed E-state index contributed by atoms with van der Waals surface area (Å²) in [5.74, 6) is 0.142. The summed E-state index contributed by atoms with van der Waals surface area (Å²) in [6.07, 6.45) is 1.16. The molecule has 1 N–H and O–H groups in total. The Morgan fingerprint density at radius 3 is 2.26 bits per heavy atom. The summed E-state index contributed by atoms with van der Waals surface area (Å²) in [5.41, 5.74) is 3.88. The molecule has 1 aliphatic heterocycles. The summed E-state index contributed by atoms with van der Waals surface area (Å²) in [6.45, 7) is 6.04. The van der Waals surface area contributed by atoms with Crippen molar-refractivity contribution >= 4 is 28.5 Å². The zero-order valence-corrected chi connectivity index (χ0v) is 24.4. The van der Waals surface area contributed by atoms with Gasteiger partial charge in [0.05, 0.1) is 25.1 Å². The van der Waals surface area contributed by atoms with Crippen LogP contribution in [0.4, 0.5) is 5.69 Å². The molecule has 2 unspecified atom stereocenters. The van der Waals surface area contributed by atoms with Gasteiger partial charge in [0.1, 0.15) is 16.7 Å². The number of benzene rings is 2. The van der Waals surface area contributed by atoms with Gasteiger partial charge in [-0.25, -0.2) is 8.51 Å². The zero-order chi connectivity index (χ0) is 28.0. The van der Waals surface area contributed by atoms with Crippen molar-refractivity contribution in [1.82, 2.24) is 19.4 Å². The number of hydrogen-bond acceptors (Lipinski definition) is 6. The number of hydrogen-bond donors (Lipinski definition) is 1. The van der Waals surface area contributed by atoms with Gasteiger partial charge in [-0.2, -0.15) is 0 Å². The summed E-state index contributed by atoms with van der Waals surface area (Å²) >= 11 is 0. The minimum absolute atomic E-state index is 0.0961. The predicted molar refractivity (Wildman–Crippen MR) is 152 cm³/mol. The van der Waals surface area contributed by atoms with Gasteiger partial charge < -0.3 is 24.8 Å². The second kappa shape index (κ2) is 13.2. The molecule has 0 aromatic heterocycles. The minimum atomic E-state index is -1.52. The molecular weight excluding hydrogens is 502 g/mol. The molecule has 1 heterocycles. The van der Waals surface area contributed by atoms with Crippen molar-refractivity contribution in [2.24, 2.45) is 0 Å². The van der Waals surface area contributed by atoms with E-state index in [1.54, 1.807) is 26.1 Å². The highest BCUT2D eigenvalue weighted by atomic mass is 32.2. The SMILES string of the molecule is COc1cc(C)c(S(=O)N(C)CC(=O)NCC(=O)N(C)Cc2ccc(N3CCC(N(C)C)C3)cc2)c(C)c1. The smallest absolute Gasteiger partial charge is 0.242 e. The van der Waals surface area contributed by atoms with Crippen LogP contribution in [0.5, 0.6) is 5.75 Å². The second-order valence-corrected chi connectivity index (χ2v) is 11.7. The Kier molecular flexibility index (Phi) is 10.3. The lowest BCUT2D eigenvalue weighted by molar-refractivity contribution is -0.132. The van der Waals surface area contributed by atoms with Gasteiger partial charge in [-0.1, -0.05) is 12.1 Å².